The van der Waals surface area contributed by atoms with E-state index in [0.29, 0.717) is 26.2 Å². The number of piperazine rings is 1. The fourth-order valence-electron chi connectivity index (χ4n) is 4.10. The fraction of sp³-hybridized carbons (Fsp3) is 0.333. The van der Waals surface area contributed by atoms with E-state index in [1.165, 1.54) is 24.3 Å². The van der Waals surface area contributed by atoms with Gasteiger partial charge in [-0.25, -0.2) is 9.29 Å². The van der Waals surface area contributed by atoms with Crippen LogP contribution >= 0.6 is 0 Å². The highest BCUT2D eigenvalue weighted by atomic mass is 19.4. The van der Waals surface area contributed by atoms with Gasteiger partial charge in [-0.2, -0.15) is 13.2 Å². The van der Waals surface area contributed by atoms with Gasteiger partial charge in [-0.15, -0.1) is 0 Å². The molecule has 30 heavy (non-hydrogen) atoms. The molecule has 0 radical (unpaired) electrons. The van der Waals surface area contributed by atoms with Crippen LogP contribution in [0.15, 0.2) is 48.5 Å². The number of benzene rings is 2. The molecule has 0 aromatic heterocycles. The van der Waals surface area contributed by atoms with Crippen LogP contribution in [-0.4, -0.2) is 44.0 Å². The van der Waals surface area contributed by atoms with Crippen LogP contribution in [0.1, 0.15) is 12.0 Å². The summed E-state index contributed by atoms with van der Waals surface area (Å²) in [6.07, 6.45) is -4.58. The zero-order chi connectivity index (χ0) is 21.5. The van der Waals surface area contributed by atoms with Crippen LogP contribution in [0.4, 0.5) is 28.9 Å². The molecular formula is C21H20F4N3O2+. The number of hydrogen-bond donors (Lipinski definition) is 1. The first kappa shape index (κ1) is 20.3. The summed E-state index contributed by atoms with van der Waals surface area (Å²) in [7, 11) is 0. The summed E-state index contributed by atoms with van der Waals surface area (Å²) in [6.45, 7) is 2.44. The predicted octanol–water partition coefficient (Wildman–Crippen LogP) is 1.88. The van der Waals surface area contributed by atoms with E-state index in [1.54, 1.807) is 12.1 Å². The van der Waals surface area contributed by atoms with Crippen molar-refractivity contribution in [1.29, 1.82) is 0 Å². The zero-order valence-corrected chi connectivity index (χ0v) is 16.0. The first-order chi connectivity index (χ1) is 14.2. The summed E-state index contributed by atoms with van der Waals surface area (Å²) in [6, 6.07) is 9.84. The van der Waals surface area contributed by atoms with Gasteiger partial charge < -0.3 is 9.80 Å². The molecule has 2 heterocycles. The molecule has 2 aromatic carbocycles. The van der Waals surface area contributed by atoms with Crippen molar-refractivity contribution in [2.24, 2.45) is 0 Å². The zero-order valence-electron chi connectivity index (χ0n) is 16.0. The minimum atomic E-state index is -4.55. The molecule has 2 saturated heterocycles. The normalized spacial score (nSPS) is 20.9. The van der Waals surface area contributed by atoms with Gasteiger partial charge >= 0.3 is 6.18 Å². The summed E-state index contributed by atoms with van der Waals surface area (Å²) < 4.78 is 52.1. The monoisotopic (exact) mass is 422 g/mol. The number of nitrogens with one attached hydrogen (secondary N) is 1. The average Bonchev–Trinajstić information content (AvgIpc) is 3.02. The molecule has 0 unspecified atom stereocenters. The van der Waals surface area contributed by atoms with Crippen molar-refractivity contribution in [3.63, 3.8) is 0 Å². The highest BCUT2D eigenvalue weighted by Crippen LogP contribution is 2.32. The molecule has 1 N–H and O–H groups in total. The first-order valence-corrected chi connectivity index (χ1v) is 9.63. The maximum Gasteiger partial charge on any atom is 0.416 e. The molecule has 0 saturated carbocycles. The molecule has 2 aliphatic rings. The third kappa shape index (κ3) is 3.89. The molecule has 0 aliphatic carbocycles. The number of rotatable bonds is 3. The van der Waals surface area contributed by atoms with Crippen LogP contribution < -0.4 is 14.7 Å². The molecule has 2 amide bonds. The van der Waals surface area contributed by atoms with E-state index in [9.17, 15) is 27.2 Å². The van der Waals surface area contributed by atoms with Crippen molar-refractivity contribution in [1.82, 2.24) is 0 Å². The second kappa shape index (κ2) is 7.71. The lowest BCUT2D eigenvalue weighted by molar-refractivity contribution is -0.915. The van der Waals surface area contributed by atoms with Gasteiger partial charge in [0.2, 0.25) is 5.91 Å². The molecule has 2 fully saturated rings. The van der Waals surface area contributed by atoms with Crippen LogP contribution in [-0.2, 0) is 15.8 Å². The second-order valence-corrected chi connectivity index (χ2v) is 7.49. The fourth-order valence-corrected chi connectivity index (χ4v) is 4.10. The summed E-state index contributed by atoms with van der Waals surface area (Å²) >= 11 is 0. The third-order valence-electron chi connectivity index (χ3n) is 5.67. The van der Waals surface area contributed by atoms with Gasteiger partial charge in [-0.05, 0) is 42.5 Å². The topological polar surface area (TPSA) is 45.1 Å². The van der Waals surface area contributed by atoms with E-state index in [0.717, 1.165) is 27.6 Å². The molecule has 158 valence electrons. The lowest BCUT2D eigenvalue weighted by atomic mass is 10.1. The quantitative estimate of drug-likeness (QED) is 0.607. The summed E-state index contributed by atoms with van der Waals surface area (Å²) in [4.78, 5) is 29.3. The number of alkyl halides is 3. The number of imide groups is 1. The number of carbonyl (C=O) groups excluding carboxylic acids is 2. The Bertz CT molecular complexity index is 953. The van der Waals surface area contributed by atoms with Crippen molar-refractivity contribution in [3.05, 3.63) is 59.9 Å². The number of anilines is 2. The Hall–Kier alpha value is -2.94. The Balaban J connectivity index is 1.45. The van der Waals surface area contributed by atoms with Gasteiger partial charge in [0.25, 0.3) is 5.91 Å². The minimum Gasteiger partial charge on any atom is -0.360 e. The van der Waals surface area contributed by atoms with Gasteiger partial charge in [-0.3, -0.25) is 9.59 Å². The first-order valence-electron chi connectivity index (χ1n) is 9.63. The molecular weight excluding hydrogens is 402 g/mol. The second-order valence-electron chi connectivity index (χ2n) is 7.49. The van der Waals surface area contributed by atoms with E-state index in [1.807, 2.05) is 0 Å². The number of amides is 2. The number of quaternary nitrogens is 1. The van der Waals surface area contributed by atoms with Gasteiger partial charge in [0.15, 0.2) is 6.04 Å². The summed E-state index contributed by atoms with van der Waals surface area (Å²) in [5.41, 5.74) is -0.0640. The van der Waals surface area contributed by atoms with E-state index < -0.39 is 29.6 Å². The predicted molar refractivity (Wildman–Crippen MR) is 102 cm³/mol. The van der Waals surface area contributed by atoms with Crippen molar-refractivity contribution in [2.45, 2.75) is 18.6 Å². The highest BCUT2D eigenvalue weighted by molar-refractivity contribution is 6.21. The SMILES string of the molecule is O=C1C[C@H]([NH+]2CCN(c3ccc(F)cc3)CC2)C(=O)N1c1cccc(C(F)(F)F)c1. The Morgan fingerprint density at radius 1 is 0.933 bits per heavy atom. The smallest absolute Gasteiger partial charge is 0.360 e. The molecule has 2 aromatic rings. The lowest BCUT2D eigenvalue weighted by Gasteiger charge is -2.35. The lowest BCUT2D eigenvalue weighted by Crippen LogP contribution is -3.19. The number of carbonyl (C=O) groups is 2. The van der Waals surface area contributed by atoms with Gasteiger partial charge in [0.1, 0.15) is 5.82 Å². The van der Waals surface area contributed by atoms with E-state index >= 15 is 0 Å². The van der Waals surface area contributed by atoms with Crippen molar-refractivity contribution >= 4 is 23.2 Å². The largest absolute Gasteiger partial charge is 0.416 e. The maximum atomic E-state index is 13.1. The standard InChI is InChI=1S/C21H19F4N3O2/c22-15-4-6-16(7-5-15)26-8-10-27(11-9-26)18-13-19(29)28(20(18)30)17-3-1-2-14(12-17)21(23,24)25/h1-7,12,18H,8-11,13H2/p+1/t18-/m0/s1. The van der Waals surface area contributed by atoms with Crippen molar-refractivity contribution in [3.8, 4) is 0 Å². The van der Waals surface area contributed by atoms with E-state index in [-0.39, 0.29) is 17.9 Å². The van der Waals surface area contributed by atoms with Gasteiger partial charge in [-0.1, -0.05) is 6.07 Å². The number of halogens is 4. The molecule has 0 spiro atoms. The molecule has 5 nitrogen and oxygen atoms in total. The molecule has 9 heteroatoms. The van der Waals surface area contributed by atoms with Gasteiger partial charge in [0.05, 0.1) is 43.9 Å². The van der Waals surface area contributed by atoms with Gasteiger partial charge in [0, 0.05) is 5.69 Å². The van der Waals surface area contributed by atoms with Crippen LogP contribution in [0.5, 0.6) is 0 Å². The summed E-state index contributed by atoms with van der Waals surface area (Å²) in [5, 5.41) is 0. The molecule has 0 bridgehead atoms. The van der Waals surface area contributed by atoms with Crippen LogP contribution in [0.3, 0.4) is 0 Å². The Labute approximate surface area is 170 Å². The number of hydrogen-bond acceptors (Lipinski definition) is 3. The van der Waals surface area contributed by atoms with Crippen LogP contribution in [0, 0.1) is 5.82 Å². The summed E-state index contributed by atoms with van der Waals surface area (Å²) in [5.74, 6) is -1.27. The third-order valence-corrected chi connectivity index (χ3v) is 5.67. The van der Waals surface area contributed by atoms with Crippen molar-refractivity contribution in [2.75, 3.05) is 36.0 Å². The van der Waals surface area contributed by atoms with E-state index in [2.05, 4.69) is 4.90 Å². The minimum absolute atomic E-state index is 0.0268. The molecule has 4 rings (SSSR count). The molecule has 1 atom stereocenters. The van der Waals surface area contributed by atoms with Crippen LogP contribution in [0.25, 0.3) is 0 Å². The van der Waals surface area contributed by atoms with Crippen molar-refractivity contribution < 1.29 is 32.1 Å². The Morgan fingerprint density at radius 3 is 2.23 bits per heavy atom. The Kier molecular flexibility index (Phi) is 5.23. The average molecular weight is 422 g/mol. The maximum absolute atomic E-state index is 13.1. The number of nitrogens with zero attached hydrogens (tertiary/aromatic N) is 2. The highest BCUT2D eigenvalue weighted by Gasteiger charge is 2.46. The Morgan fingerprint density at radius 2 is 1.60 bits per heavy atom. The molecule has 2 aliphatic heterocycles. The van der Waals surface area contributed by atoms with Crippen LogP contribution in [0.2, 0.25) is 0 Å². The van der Waals surface area contributed by atoms with E-state index in [4.69, 9.17) is 0 Å².